The minimum Gasteiger partial charge on any atom is -0.304 e. The highest BCUT2D eigenvalue weighted by Gasteiger charge is 2.34. The first-order valence-electron chi connectivity index (χ1n) is 5.20. The van der Waals surface area contributed by atoms with E-state index >= 15 is 0 Å². The van der Waals surface area contributed by atoms with Gasteiger partial charge in [-0.3, -0.25) is 4.90 Å². The van der Waals surface area contributed by atoms with Crippen molar-refractivity contribution in [2.24, 2.45) is 5.41 Å². The van der Waals surface area contributed by atoms with Gasteiger partial charge in [-0.25, -0.2) is 0 Å². The maximum atomic E-state index is 3.56. The zero-order chi connectivity index (χ0) is 8.44. The molecule has 2 heteroatoms. The van der Waals surface area contributed by atoms with Crippen molar-refractivity contribution in [1.82, 2.24) is 10.2 Å². The molecule has 1 aliphatic carbocycles. The van der Waals surface area contributed by atoms with Crippen molar-refractivity contribution in [2.75, 3.05) is 26.8 Å². The van der Waals surface area contributed by atoms with Crippen LogP contribution in [0.15, 0.2) is 0 Å². The predicted octanol–water partition coefficient (Wildman–Crippen LogP) is 1.43. The molecule has 1 heterocycles. The van der Waals surface area contributed by atoms with E-state index < -0.39 is 0 Å². The van der Waals surface area contributed by atoms with E-state index in [1.54, 1.807) is 0 Å². The van der Waals surface area contributed by atoms with Crippen LogP contribution in [0, 0.1) is 5.41 Å². The molecule has 0 aromatic carbocycles. The molecule has 0 amide bonds. The minimum atomic E-state index is 0.685. The molecule has 1 spiro atoms. The summed E-state index contributed by atoms with van der Waals surface area (Å²) in [5.41, 5.74) is 0.685. The fraction of sp³-hybridized carbons (Fsp3) is 1.00. The Labute approximate surface area is 75.3 Å². The van der Waals surface area contributed by atoms with Crippen molar-refractivity contribution in [3.8, 4) is 0 Å². The van der Waals surface area contributed by atoms with Gasteiger partial charge in [-0.1, -0.05) is 12.8 Å². The van der Waals surface area contributed by atoms with E-state index in [0.717, 1.165) is 6.67 Å². The Kier molecular flexibility index (Phi) is 2.37. The first-order chi connectivity index (χ1) is 5.81. The molecular formula is C10H20N2. The fourth-order valence-electron chi connectivity index (χ4n) is 2.66. The highest BCUT2D eigenvalue weighted by atomic mass is 15.2. The Morgan fingerprint density at radius 2 is 1.92 bits per heavy atom. The summed E-state index contributed by atoms with van der Waals surface area (Å²) >= 11 is 0. The van der Waals surface area contributed by atoms with E-state index in [1.165, 1.54) is 45.2 Å². The molecule has 1 saturated carbocycles. The van der Waals surface area contributed by atoms with Crippen LogP contribution in [0.25, 0.3) is 0 Å². The third-order valence-electron chi connectivity index (χ3n) is 3.57. The van der Waals surface area contributed by atoms with Crippen molar-refractivity contribution in [1.29, 1.82) is 0 Å². The maximum Gasteiger partial charge on any atom is 0.0477 e. The lowest BCUT2D eigenvalue weighted by Crippen LogP contribution is -2.32. The Hall–Kier alpha value is -0.0800. The lowest BCUT2D eigenvalue weighted by molar-refractivity contribution is 0.266. The van der Waals surface area contributed by atoms with Crippen LogP contribution in [-0.2, 0) is 0 Å². The van der Waals surface area contributed by atoms with Crippen molar-refractivity contribution in [3.63, 3.8) is 0 Å². The van der Waals surface area contributed by atoms with Crippen LogP contribution in [0.2, 0.25) is 0 Å². The molecular weight excluding hydrogens is 148 g/mol. The molecule has 1 saturated heterocycles. The second-order valence-corrected chi connectivity index (χ2v) is 4.62. The molecule has 0 atom stereocenters. The van der Waals surface area contributed by atoms with Gasteiger partial charge >= 0.3 is 0 Å². The minimum absolute atomic E-state index is 0.685. The molecule has 1 N–H and O–H groups in total. The van der Waals surface area contributed by atoms with E-state index in [2.05, 4.69) is 17.3 Å². The van der Waals surface area contributed by atoms with Crippen LogP contribution in [-0.4, -0.2) is 31.7 Å². The number of nitrogens with one attached hydrogen (secondary N) is 1. The number of nitrogens with zero attached hydrogens (tertiary/aromatic N) is 1. The summed E-state index contributed by atoms with van der Waals surface area (Å²) in [5.74, 6) is 0. The first-order valence-corrected chi connectivity index (χ1v) is 5.20. The maximum absolute atomic E-state index is 3.56. The Morgan fingerprint density at radius 1 is 1.17 bits per heavy atom. The van der Waals surface area contributed by atoms with E-state index in [1.807, 2.05) is 0 Å². The van der Waals surface area contributed by atoms with Crippen LogP contribution in [0.3, 0.4) is 0 Å². The molecule has 1 aliphatic heterocycles. The molecule has 0 bridgehead atoms. The first kappa shape index (κ1) is 8.52. The van der Waals surface area contributed by atoms with Crippen LogP contribution >= 0.6 is 0 Å². The van der Waals surface area contributed by atoms with Crippen molar-refractivity contribution in [3.05, 3.63) is 0 Å². The second kappa shape index (κ2) is 3.35. The highest BCUT2D eigenvalue weighted by Crippen LogP contribution is 2.41. The van der Waals surface area contributed by atoms with Gasteiger partial charge in [-0.05, 0) is 38.3 Å². The molecule has 2 rings (SSSR count). The third kappa shape index (κ3) is 1.64. The molecule has 2 aliphatic rings. The van der Waals surface area contributed by atoms with E-state index in [-0.39, 0.29) is 0 Å². The topological polar surface area (TPSA) is 15.3 Å². The summed E-state index contributed by atoms with van der Waals surface area (Å²) in [5, 5.41) is 3.56. The second-order valence-electron chi connectivity index (χ2n) is 4.62. The Balaban J connectivity index is 1.97. The number of rotatable bonds is 0. The number of hydrogen-bond acceptors (Lipinski definition) is 2. The van der Waals surface area contributed by atoms with Gasteiger partial charge in [0, 0.05) is 13.2 Å². The monoisotopic (exact) mass is 168 g/mol. The van der Waals surface area contributed by atoms with Crippen molar-refractivity contribution in [2.45, 2.75) is 32.1 Å². The average molecular weight is 168 g/mol. The van der Waals surface area contributed by atoms with Gasteiger partial charge in [0.1, 0.15) is 0 Å². The van der Waals surface area contributed by atoms with Gasteiger partial charge in [0.15, 0.2) is 0 Å². The summed E-state index contributed by atoms with van der Waals surface area (Å²) in [7, 11) is 2.21. The van der Waals surface area contributed by atoms with Crippen LogP contribution < -0.4 is 5.32 Å². The van der Waals surface area contributed by atoms with Crippen LogP contribution in [0.4, 0.5) is 0 Å². The highest BCUT2D eigenvalue weighted by molar-refractivity contribution is 4.88. The summed E-state index contributed by atoms with van der Waals surface area (Å²) in [6.45, 7) is 3.63. The summed E-state index contributed by atoms with van der Waals surface area (Å²) in [6, 6.07) is 0. The quantitative estimate of drug-likeness (QED) is 0.588. The number of hydrogen-bond donors (Lipinski definition) is 1. The molecule has 0 aromatic heterocycles. The predicted molar refractivity (Wildman–Crippen MR) is 51.0 cm³/mol. The van der Waals surface area contributed by atoms with Gasteiger partial charge < -0.3 is 5.32 Å². The normalized spacial score (nSPS) is 30.8. The van der Waals surface area contributed by atoms with Gasteiger partial charge in [-0.2, -0.15) is 0 Å². The lowest BCUT2D eigenvalue weighted by Gasteiger charge is -2.26. The molecule has 12 heavy (non-hydrogen) atoms. The third-order valence-corrected chi connectivity index (χ3v) is 3.57. The lowest BCUT2D eigenvalue weighted by atomic mass is 9.83. The van der Waals surface area contributed by atoms with Gasteiger partial charge in [0.2, 0.25) is 0 Å². The standard InChI is InChI=1S/C10H20N2/c1-12-7-6-10(8-11-9-12)4-2-3-5-10/h11H,2-9H2,1H3. The van der Waals surface area contributed by atoms with Gasteiger partial charge in [0.05, 0.1) is 0 Å². The van der Waals surface area contributed by atoms with E-state index in [4.69, 9.17) is 0 Å². The average Bonchev–Trinajstić information content (AvgIpc) is 2.42. The molecule has 0 aromatic rings. The van der Waals surface area contributed by atoms with Gasteiger partial charge in [0.25, 0.3) is 0 Å². The SMILES string of the molecule is CN1CCC2(CCCC2)CNC1. The van der Waals surface area contributed by atoms with E-state index in [9.17, 15) is 0 Å². The summed E-state index contributed by atoms with van der Waals surface area (Å²) in [6.07, 6.45) is 7.27. The fourth-order valence-corrected chi connectivity index (χ4v) is 2.66. The molecule has 2 nitrogen and oxygen atoms in total. The largest absolute Gasteiger partial charge is 0.304 e. The molecule has 70 valence electrons. The van der Waals surface area contributed by atoms with Crippen molar-refractivity contribution >= 4 is 0 Å². The van der Waals surface area contributed by atoms with Crippen LogP contribution in [0.5, 0.6) is 0 Å². The molecule has 2 fully saturated rings. The van der Waals surface area contributed by atoms with Crippen LogP contribution in [0.1, 0.15) is 32.1 Å². The smallest absolute Gasteiger partial charge is 0.0477 e. The molecule has 0 radical (unpaired) electrons. The summed E-state index contributed by atoms with van der Waals surface area (Å²) < 4.78 is 0. The Bertz CT molecular complexity index is 150. The summed E-state index contributed by atoms with van der Waals surface area (Å²) in [4.78, 5) is 2.40. The van der Waals surface area contributed by atoms with E-state index in [0.29, 0.717) is 5.41 Å². The van der Waals surface area contributed by atoms with Crippen molar-refractivity contribution < 1.29 is 0 Å². The zero-order valence-electron chi connectivity index (χ0n) is 8.10. The zero-order valence-corrected chi connectivity index (χ0v) is 8.10. The van der Waals surface area contributed by atoms with Gasteiger partial charge in [-0.15, -0.1) is 0 Å². The Morgan fingerprint density at radius 3 is 2.67 bits per heavy atom. The molecule has 0 unspecified atom stereocenters.